The Morgan fingerprint density at radius 1 is 1.12 bits per heavy atom. The van der Waals surface area contributed by atoms with Crippen LogP contribution in [0.4, 0.5) is 24.8 Å². The van der Waals surface area contributed by atoms with Crippen LogP contribution in [-0.4, -0.2) is 51.9 Å². The highest BCUT2D eigenvalue weighted by molar-refractivity contribution is 6.34. The highest BCUT2D eigenvalue weighted by atomic mass is 35.5. The van der Waals surface area contributed by atoms with Gasteiger partial charge in [-0.2, -0.15) is 13.2 Å². The maximum Gasteiger partial charge on any atom is 0.418 e. The topological polar surface area (TPSA) is 88.2 Å². The third kappa shape index (κ3) is 4.37. The number of aromatic nitrogens is 3. The van der Waals surface area contributed by atoms with Crippen molar-refractivity contribution in [2.24, 2.45) is 0 Å². The van der Waals surface area contributed by atoms with Crippen molar-refractivity contribution >= 4 is 40.0 Å². The maximum absolute atomic E-state index is 13.9. The van der Waals surface area contributed by atoms with E-state index in [2.05, 4.69) is 21.5 Å². The van der Waals surface area contributed by atoms with Crippen LogP contribution in [-0.2, 0) is 11.0 Å². The second kappa shape index (κ2) is 8.75. The molecule has 178 valence electrons. The molecule has 1 saturated heterocycles. The van der Waals surface area contributed by atoms with Gasteiger partial charge in [-0.1, -0.05) is 18.2 Å². The molecule has 3 heterocycles. The Kier molecular flexibility index (Phi) is 6.11. The van der Waals surface area contributed by atoms with Crippen molar-refractivity contribution in [1.29, 1.82) is 0 Å². The van der Waals surface area contributed by atoms with E-state index in [1.165, 1.54) is 25.1 Å². The Morgan fingerprint density at radius 3 is 2.41 bits per heavy atom. The maximum atomic E-state index is 13.9. The number of aryl methyl sites for hydroxylation is 2. The van der Waals surface area contributed by atoms with Crippen molar-refractivity contribution in [3.63, 3.8) is 0 Å². The van der Waals surface area contributed by atoms with Crippen LogP contribution in [0, 0.1) is 13.8 Å². The number of nitrogen functional groups attached to an aromatic ring is 1. The number of carbonyl (C=O) groups excluding carboxylic acids is 1. The molecule has 2 N–H and O–H groups in total. The standard InChI is InChI=1S/C23H22ClF3N6O/c1-4-19(34)32-5-7-33(8-6-32)22-15-10-16(24)14(11-17(15)29-13(3)30-22)21-20(23(25,26)27)12(2)9-18(28)31-21/h4,9-11H,1,5-8H2,2-3H3,(H2,28,31). The zero-order chi connectivity index (χ0) is 24.8. The van der Waals surface area contributed by atoms with E-state index in [-0.39, 0.29) is 33.6 Å². The van der Waals surface area contributed by atoms with Crippen molar-refractivity contribution in [3.05, 3.63) is 52.8 Å². The normalized spacial score (nSPS) is 14.5. The second-order valence-corrected chi connectivity index (χ2v) is 8.45. The van der Waals surface area contributed by atoms with Gasteiger partial charge >= 0.3 is 6.18 Å². The van der Waals surface area contributed by atoms with Crippen molar-refractivity contribution in [1.82, 2.24) is 19.9 Å². The van der Waals surface area contributed by atoms with Crippen LogP contribution < -0.4 is 10.6 Å². The number of piperazine rings is 1. The van der Waals surface area contributed by atoms with Crippen LogP contribution in [0.1, 0.15) is 17.0 Å². The first-order chi connectivity index (χ1) is 16.0. The molecule has 1 aliphatic heterocycles. The number of benzene rings is 1. The molecule has 0 radical (unpaired) electrons. The molecule has 1 fully saturated rings. The van der Waals surface area contributed by atoms with E-state index in [1.54, 1.807) is 17.9 Å². The van der Waals surface area contributed by atoms with E-state index in [0.717, 1.165) is 0 Å². The fourth-order valence-corrected chi connectivity index (χ4v) is 4.44. The first kappa shape index (κ1) is 23.7. The summed E-state index contributed by atoms with van der Waals surface area (Å²) < 4.78 is 41.6. The average Bonchev–Trinajstić information content (AvgIpc) is 2.76. The molecular formula is C23H22ClF3N6O. The molecule has 1 amide bonds. The molecule has 0 bridgehead atoms. The van der Waals surface area contributed by atoms with Gasteiger partial charge in [-0.05, 0) is 43.7 Å². The van der Waals surface area contributed by atoms with Gasteiger partial charge in [0.05, 0.1) is 21.8 Å². The van der Waals surface area contributed by atoms with Crippen molar-refractivity contribution in [2.75, 3.05) is 36.8 Å². The molecule has 0 atom stereocenters. The van der Waals surface area contributed by atoms with Gasteiger partial charge in [-0.25, -0.2) is 15.0 Å². The fourth-order valence-electron chi connectivity index (χ4n) is 4.19. The quantitative estimate of drug-likeness (QED) is 0.547. The number of hydrogen-bond donors (Lipinski definition) is 1. The first-order valence-corrected chi connectivity index (χ1v) is 10.9. The van der Waals surface area contributed by atoms with Crippen LogP contribution in [0.2, 0.25) is 5.02 Å². The van der Waals surface area contributed by atoms with Crippen LogP contribution in [0.25, 0.3) is 22.2 Å². The number of amides is 1. The molecule has 34 heavy (non-hydrogen) atoms. The number of nitrogens with two attached hydrogens (primary N) is 1. The molecule has 1 aliphatic rings. The monoisotopic (exact) mass is 490 g/mol. The zero-order valence-electron chi connectivity index (χ0n) is 18.6. The minimum Gasteiger partial charge on any atom is -0.384 e. The first-order valence-electron chi connectivity index (χ1n) is 10.5. The molecule has 3 aromatic rings. The number of nitrogens with zero attached hydrogens (tertiary/aromatic N) is 5. The summed E-state index contributed by atoms with van der Waals surface area (Å²) in [6.07, 6.45) is -3.36. The van der Waals surface area contributed by atoms with E-state index < -0.39 is 11.7 Å². The van der Waals surface area contributed by atoms with Gasteiger partial charge in [-0.15, -0.1) is 0 Å². The summed E-state index contributed by atoms with van der Waals surface area (Å²) in [5, 5.41) is 0.668. The van der Waals surface area contributed by atoms with Gasteiger partial charge in [0.2, 0.25) is 5.91 Å². The number of anilines is 2. The summed E-state index contributed by atoms with van der Waals surface area (Å²) in [6.45, 7) is 8.59. The van der Waals surface area contributed by atoms with Crippen LogP contribution in [0.15, 0.2) is 30.9 Å². The number of pyridine rings is 1. The Hall–Kier alpha value is -3.40. The van der Waals surface area contributed by atoms with Crippen molar-refractivity contribution in [3.8, 4) is 11.3 Å². The Morgan fingerprint density at radius 2 is 1.79 bits per heavy atom. The minimum absolute atomic E-state index is 0.0387. The molecule has 1 aromatic carbocycles. The van der Waals surface area contributed by atoms with Crippen molar-refractivity contribution < 1.29 is 18.0 Å². The summed E-state index contributed by atoms with van der Waals surface area (Å²) in [4.78, 5) is 28.6. The lowest BCUT2D eigenvalue weighted by Crippen LogP contribution is -2.48. The number of rotatable bonds is 3. The lowest BCUT2D eigenvalue weighted by molar-refractivity contribution is -0.137. The van der Waals surface area contributed by atoms with Gasteiger partial charge < -0.3 is 15.5 Å². The molecule has 0 aliphatic carbocycles. The number of alkyl halides is 3. The van der Waals surface area contributed by atoms with E-state index in [4.69, 9.17) is 17.3 Å². The zero-order valence-corrected chi connectivity index (χ0v) is 19.3. The number of halogens is 4. The molecular weight excluding hydrogens is 469 g/mol. The molecule has 0 saturated carbocycles. The SMILES string of the molecule is C=CC(=O)N1CCN(c2nc(C)nc3cc(-c4nc(N)cc(C)c4C(F)(F)F)c(Cl)cc23)CC1. The molecule has 0 unspecified atom stereocenters. The summed E-state index contributed by atoms with van der Waals surface area (Å²) in [7, 11) is 0. The van der Waals surface area contributed by atoms with Gasteiger partial charge in [0.15, 0.2) is 0 Å². The van der Waals surface area contributed by atoms with Crippen LogP contribution in [0.3, 0.4) is 0 Å². The lowest BCUT2D eigenvalue weighted by atomic mass is 9.99. The van der Waals surface area contributed by atoms with Gasteiger partial charge in [0.25, 0.3) is 0 Å². The average molecular weight is 491 g/mol. The van der Waals surface area contributed by atoms with E-state index >= 15 is 0 Å². The molecule has 11 heteroatoms. The third-order valence-corrected chi connectivity index (χ3v) is 6.03. The van der Waals surface area contributed by atoms with Crippen LogP contribution in [0.5, 0.6) is 0 Å². The van der Waals surface area contributed by atoms with Crippen LogP contribution >= 0.6 is 11.6 Å². The largest absolute Gasteiger partial charge is 0.418 e. The number of hydrogen-bond acceptors (Lipinski definition) is 6. The summed E-state index contributed by atoms with van der Waals surface area (Å²) in [5.74, 6) is 0.882. The predicted octanol–water partition coefficient (Wildman–Crippen LogP) is 4.40. The van der Waals surface area contributed by atoms with E-state index in [1.807, 2.05) is 4.90 Å². The van der Waals surface area contributed by atoms with Gasteiger partial charge in [-0.3, -0.25) is 4.79 Å². The summed E-state index contributed by atoms with van der Waals surface area (Å²) >= 11 is 6.51. The van der Waals surface area contributed by atoms with Gasteiger partial charge in [0.1, 0.15) is 17.5 Å². The third-order valence-electron chi connectivity index (χ3n) is 5.72. The molecule has 7 nitrogen and oxygen atoms in total. The Balaban J connectivity index is 1.83. The molecule has 4 rings (SSSR count). The van der Waals surface area contributed by atoms with Crippen molar-refractivity contribution in [2.45, 2.75) is 20.0 Å². The Labute approximate surface area is 199 Å². The summed E-state index contributed by atoms with van der Waals surface area (Å²) in [6, 6.07) is 4.23. The highest BCUT2D eigenvalue weighted by Gasteiger charge is 2.37. The number of fused-ring (bicyclic) bond motifs is 1. The highest BCUT2D eigenvalue weighted by Crippen LogP contribution is 2.42. The molecule has 2 aromatic heterocycles. The van der Waals surface area contributed by atoms with E-state index in [0.29, 0.717) is 48.7 Å². The smallest absolute Gasteiger partial charge is 0.384 e. The predicted molar refractivity (Wildman–Crippen MR) is 126 cm³/mol. The lowest BCUT2D eigenvalue weighted by Gasteiger charge is -2.35. The molecule has 0 spiro atoms. The summed E-state index contributed by atoms with van der Waals surface area (Å²) in [5.41, 5.74) is 5.01. The van der Waals surface area contributed by atoms with Gasteiger partial charge in [0, 0.05) is 37.1 Å². The minimum atomic E-state index is -4.65. The number of carbonyl (C=O) groups is 1. The fraction of sp³-hybridized carbons (Fsp3) is 0.304. The second-order valence-electron chi connectivity index (χ2n) is 8.05. The van der Waals surface area contributed by atoms with E-state index in [9.17, 15) is 18.0 Å². The Bertz CT molecular complexity index is 1300.